The summed E-state index contributed by atoms with van der Waals surface area (Å²) in [6, 6.07) is 16.6. The molecular weight excluding hydrogens is 294 g/mol. The van der Waals surface area contributed by atoms with E-state index in [-0.39, 0.29) is 0 Å². The van der Waals surface area contributed by atoms with Gasteiger partial charge in [-0.15, -0.1) is 11.6 Å². The summed E-state index contributed by atoms with van der Waals surface area (Å²) >= 11 is 5.66. The lowest BCUT2D eigenvalue weighted by molar-refractivity contribution is 0.691. The lowest BCUT2D eigenvalue weighted by Gasteiger charge is -2.13. The zero-order valence-corrected chi connectivity index (χ0v) is 13.2. The van der Waals surface area contributed by atoms with E-state index in [2.05, 4.69) is 47.0 Å². The highest BCUT2D eigenvalue weighted by Gasteiger charge is 2.07. The van der Waals surface area contributed by atoms with E-state index in [1.807, 2.05) is 12.1 Å². The van der Waals surface area contributed by atoms with Gasteiger partial charge in [-0.3, -0.25) is 0 Å². The summed E-state index contributed by atoms with van der Waals surface area (Å²) in [5.41, 5.74) is 3.24. The van der Waals surface area contributed by atoms with Gasteiger partial charge in [-0.25, -0.2) is 4.98 Å². The van der Waals surface area contributed by atoms with Gasteiger partial charge in [-0.1, -0.05) is 36.4 Å². The summed E-state index contributed by atoms with van der Waals surface area (Å²) < 4.78 is 0. The second kappa shape index (κ2) is 7.43. The number of halogens is 1. The molecule has 3 nitrogen and oxygen atoms in total. The number of benzene rings is 2. The van der Waals surface area contributed by atoms with Crippen LogP contribution in [0.1, 0.15) is 6.42 Å². The molecule has 0 aliphatic carbocycles. The van der Waals surface area contributed by atoms with Gasteiger partial charge in [-0.05, 0) is 25.1 Å². The third-order valence-corrected chi connectivity index (χ3v) is 3.88. The fourth-order valence-electron chi connectivity index (χ4n) is 2.65. The van der Waals surface area contributed by atoms with Crippen molar-refractivity contribution in [1.82, 2.24) is 10.3 Å². The molecule has 0 aliphatic heterocycles. The van der Waals surface area contributed by atoms with Crippen molar-refractivity contribution in [1.29, 1.82) is 0 Å². The van der Waals surface area contributed by atoms with E-state index in [0.717, 1.165) is 37.1 Å². The van der Waals surface area contributed by atoms with Crippen LogP contribution in [0, 0.1) is 0 Å². The van der Waals surface area contributed by atoms with Gasteiger partial charge in [0.05, 0.1) is 16.7 Å². The highest BCUT2D eigenvalue weighted by atomic mass is 35.5. The van der Waals surface area contributed by atoms with Gasteiger partial charge in [0, 0.05) is 29.7 Å². The van der Waals surface area contributed by atoms with Crippen LogP contribution in [0.2, 0.25) is 0 Å². The minimum atomic E-state index is 0.660. The van der Waals surface area contributed by atoms with Gasteiger partial charge in [0.2, 0.25) is 0 Å². The quantitative estimate of drug-likeness (QED) is 0.393. The lowest BCUT2D eigenvalue weighted by atomic mass is 10.1. The number of nitrogens with zero attached hydrogens (tertiary/aromatic N) is 1. The molecule has 0 unspecified atom stereocenters. The first kappa shape index (κ1) is 15.1. The van der Waals surface area contributed by atoms with Gasteiger partial charge in [0.25, 0.3) is 0 Å². The van der Waals surface area contributed by atoms with E-state index >= 15 is 0 Å². The number of alkyl halides is 1. The van der Waals surface area contributed by atoms with Crippen molar-refractivity contribution in [3.05, 3.63) is 48.5 Å². The zero-order chi connectivity index (χ0) is 15.2. The van der Waals surface area contributed by atoms with E-state index in [1.165, 1.54) is 16.5 Å². The lowest BCUT2D eigenvalue weighted by Crippen LogP contribution is -2.20. The molecule has 2 aromatic carbocycles. The first-order valence-corrected chi connectivity index (χ1v) is 8.21. The molecule has 0 atom stereocenters. The van der Waals surface area contributed by atoms with Gasteiger partial charge in [0.15, 0.2) is 0 Å². The molecule has 0 radical (unpaired) electrons. The molecule has 0 spiro atoms. The molecule has 1 heterocycles. The normalized spacial score (nSPS) is 11.1. The average molecular weight is 314 g/mol. The fraction of sp³-hybridized carbons (Fsp3) is 0.278. The monoisotopic (exact) mass is 313 g/mol. The van der Waals surface area contributed by atoms with Gasteiger partial charge >= 0.3 is 0 Å². The Labute approximate surface area is 135 Å². The van der Waals surface area contributed by atoms with Crippen LogP contribution in [0.25, 0.3) is 21.8 Å². The Morgan fingerprint density at radius 3 is 2.09 bits per heavy atom. The Balaban J connectivity index is 1.85. The topological polar surface area (TPSA) is 37.0 Å². The maximum absolute atomic E-state index is 5.66. The second-order valence-electron chi connectivity index (χ2n) is 5.24. The van der Waals surface area contributed by atoms with Crippen molar-refractivity contribution in [2.75, 3.05) is 30.8 Å². The zero-order valence-electron chi connectivity index (χ0n) is 12.5. The van der Waals surface area contributed by atoms with Gasteiger partial charge in [-0.2, -0.15) is 0 Å². The van der Waals surface area contributed by atoms with Crippen molar-refractivity contribution in [3.8, 4) is 0 Å². The van der Waals surface area contributed by atoms with E-state index in [0.29, 0.717) is 5.88 Å². The van der Waals surface area contributed by atoms with Crippen LogP contribution in [0.5, 0.6) is 0 Å². The van der Waals surface area contributed by atoms with Gasteiger partial charge in [0.1, 0.15) is 0 Å². The molecule has 0 amide bonds. The highest BCUT2D eigenvalue weighted by molar-refractivity contribution is 6.18. The number of aromatic nitrogens is 1. The Morgan fingerprint density at radius 1 is 0.818 bits per heavy atom. The van der Waals surface area contributed by atoms with Crippen molar-refractivity contribution in [3.63, 3.8) is 0 Å². The van der Waals surface area contributed by atoms with Crippen molar-refractivity contribution in [2.45, 2.75) is 6.42 Å². The van der Waals surface area contributed by atoms with E-state index in [4.69, 9.17) is 16.6 Å². The molecule has 0 bridgehead atoms. The van der Waals surface area contributed by atoms with Crippen molar-refractivity contribution < 1.29 is 0 Å². The smallest absolute Gasteiger partial charge is 0.0730 e. The Hall–Kier alpha value is -1.84. The molecule has 4 heteroatoms. The van der Waals surface area contributed by atoms with E-state index < -0.39 is 0 Å². The number of pyridine rings is 1. The summed E-state index contributed by atoms with van der Waals surface area (Å²) in [7, 11) is 0. The van der Waals surface area contributed by atoms with Crippen LogP contribution in [-0.2, 0) is 0 Å². The van der Waals surface area contributed by atoms with Crippen molar-refractivity contribution in [2.24, 2.45) is 0 Å². The van der Waals surface area contributed by atoms with Gasteiger partial charge < -0.3 is 10.6 Å². The Morgan fingerprint density at radius 2 is 1.45 bits per heavy atom. The number of para-hydroxylation sites is 2. The molecule has 3 rings (SSSR count). The molecule has 0 saturated carbocycles. The van der Waals surface area contributed by atoms with Crippen LogP contribution in [0.3, 0.4) is 0 Å². The summed E-state index contributed by atoms with van der Waals surface area (Å²) in [6.45, 7) is 2.76. The van der Waals surface area contributed by atoms with Crippen LogP contribution < -0.4 is 10.6 Å². The van der Waals surface area contributed by atoms with E-state index in [1.54, 1.807) is 0 Å². The third kappa shape index (κ3) is 3.32. The van der Waals surface area contributed by atoms with Crippen molar-refractivity contribution >= 4 is 39.1 Å². The van der Waals surface area contributed by atoms with Crippen LogP contribution in [0.4, 0.5) is 5.69 Å². The highest BCUT2D eigenvalue weighted by Crippen LogP contribution is 2.30. The predicted molar refractivity (Wildman–Crippen MR) is 95.9 cm³/mol. The largest absolute Gasteiger partial charge is 0.384 e. The average Bonchev–Trinajstić information content (AvgIpc) is 2.57. The molecule has 0 saturated heterocycles. The SMILES string of the molecule is ClCCNCCCNc1c2ccccc2nc2ccccc12. The molecule has 3 aromatic rings. The number of rotatable bonds is 7. The number of hydrogen-bond acceptors (Lipinski definition) is 3. The number of hydrogen-bond donors (Lipinski definition) is 2. The molecular formula is C18H20ClN3. The number of nitrogens with one attached hydrogen (secondary N) is 2. The van der Waals surface area contributed by atoms with E-state index in [9.17, 15) is 0 Å². The summed E-state index contributed by atoms with van der Waals surface area (Å²) in [5, 5.41) is 9.26. The molecule has 0 fully saturated rings. The molecule has 22 heavy (non-hydrogen) atoms. The molecule has 114 valence electrons. The maximum Gasteiger partial charge on any atom is 0.0730 e. The summed E-state index contributed by atoms with van der Waals surface area (Å²) in [4.78, 5) is 4.74. The first-order valence-electron chi connectivity index (χ1n) is 7.68. The summed E-state index contributed by atoms with van der Waals surface area (Å²) in [5.74, 6) is 0.660. The predicted octanol–water partition coefficient (Wildman–Crippen LogP) is 4.02. The first-order chi connectivity index (χ1) is 10.9. The molecule has 1 aromatic heterocycles. The van der Waals surface area contributed by atoms with Crippen LogP contribution >= 0.6 is 11.6 Å². The Kier molecular flexibility index (Phi) is 5.09. The minimum absolute atomic E-state index is 0.660. The molecule has 2 N–H and O–H groups in total. The maximum atomic E-state index is 5.66. The third-order valence-electron chi connectivity index (χ3n) is 3.69. The standard InChI is InChI=1S/C18H20ClN3/c19-10-13-20-11-5-12-21-18-14-6-1-3-8-16(14)22-17-9-4-2-7-15(17)18/h1-4,6-9,20H,5,10-13H2,(H,21,22). The molecule has 0 aliphatic rings. The Bertz CT molecular complexity index is 703. The van der Waals surface area contributed by atoms with Crippen LogP contribution in [-0.4, -0.2) is 30.5 Å². The second-order valence-corrected chi connectivity index (χ2v) is 5.62. The fourth-order valence-corrected chi connectivity index (χ4v) is 2.78. The minimum Gasteiger partial charge on any atom is -0.384 e. The van der Waals surface area contributed by atoms with Crippen LogP contribution in [0.15, 0.2) is 48.5 Å². The number of fused-ring (bicyclic) bond motifs is 2. The number of anilines is 1. The summed E-state index contributed by atoms with van der Waals surface area (Å²) in [6.07, 6.45) is 1.06.